The lowest BCUT2D eigenvalue weighted by atomic mass is 9.73. The van der Waals surface area contributed by atoms with Crippen LogP contribution in [0.25, 0.3) is 0 Å². The number of carbonyl (C=O) groups is 1. The van der Waals surface area contributed by atoms with E-state index in [9.17, 15) is 4.79 Å². The Hall–Kier alpha value is -0.610. The molecule has 0 bridgehead atoms. The monoisotopic (exact) mass is 186 g/mol. The molecule has 0 aromatic heterocycles. The molecule has 4 heteroatoms. The first-order chi connectivity index (χ1) is 5.83. The summed E-state index contributed by atoms with van der Waals surface area (Å²) in [4.78, 5) is 10.5. The second kappa shape index (κ2) is 3.27. The minimum atomic E-state index is -0.817. The lowest BCUT2D eigenvalue weighted by Crippen LogP contribution is -2.52. The van der Waals surface area contributed by atoms with Gasteiger partial charge in [-0.05, 0) is 32.6 Å². The van der Waals surface area contributed by atoms with Crippen LogP contribution in [0.4, 0.5) is 0 Å². The van der Waals surface area contributed by atoms with Gasteiger partial charge in [0.25, 0.3) is 0 Å². The fraction of sp³-hybridized carbons (Fsp3) is 0.889. The van der Waals surface area contributed by atoms with Crippen LogP contribution in [0.3, 0.4) is 0 Å². The highest BCUT2D eigenvalue weighted by Gasteiger charge is 2.36. The molecule has 1 aliphatic rings. The molecule has 5 N–H and O–H groups in total. The van der Waals surface area contributed by atoms with Crippen molar-refractivity contribution in [2.45, 2.75) is 50.1 Å². The van der Waals surface area contributed by atoms with Gasteiger partial charge >= 0.3 is 5.97 Å². The molecule has 0 unspecified atom stereocenters. The van der Waals surface area contributed by atoms with Crippen molar-refractivity contribution in [3.8, 4) is 0 Å². The summed E-state index contributed by atoms with van der Waals surface area (Å²) in [6.45, 7) is 1.99. The molecule has 1 aliphatic carbocycles. The molecule has 0 spiro atoms. The Balaban J connectivity index is 2.51. The lowest BCUT2D eigenvalue weighted by Gasteiger charge is -2.40. The Labute approximate surface area is 78.3 Å². The maximum Gasteiger partial charge on any atom is 0.305 e. The van der Waals surface area contributed by atoms with E-state index in [1.165, 1.54) is 0 Å². The van der Waals surface area contributed by atoms with Gasteiger partial charge in [0.1, 0.15) is 0 Å². The summed E-state index contributed by atoms with van der Waals surface area (Å²) < 4.78 is 0. The zero-order chi connectivity index (χ0) is 10.1. The Bertz CT molecular complexity index is 204. The second-order valence-corrected chi connectivity index (χ2v) is 4.59. The molecule has 0 aromatic carbocycles. The zero-order valence-corrected chi connectivity index (χ0v) is 8.05. The fourth-order valence-electron chi connectivity index (χ4n) is 1.80. The van der Waals surface area contributed by atoms with Crippen LogP contribution in [0, 0.1) is 0 Å². The van der Waals surface area contributed by atoms with E-state index in [0.717, 1.165) is 12.8 Å². The van der Waals surface area contributed by atoms with Crippen LogP contribution in [0.2, 0.25) is 0 Å². The van der Waals surface area contributed by atoms with Crippen LogP contribution >= 0.6 is 0 Å². The van der Waals surface area contributed by atoms with Crippen molar-refractivity contribution in [2.75, 3.05) is 0 Å². The molecule has 0 aromatic rings. The maximum absolute atomic E-state index is 10.5. The van der Waals surface area contributed by atoms with E-state index in [1.54, 1.807) is 0 Å². The van der Waals surface area contributed by atoms with E-state index in [-0.39, 0.29) is 12.0 Å². The number of aliphatic carboxylic acids is 1. The number of carboxylic acids is 1. The van der Waals surface area contributed by atoms with Crippen LogP contribution in [-0.4, -0.2) is 22.2 Å². The lowest BCUT2D eigenvalue weighted by molar-refractivity contribution is -0.138. The third-order valence-corrected chi connectivity index (χ3v) is 2.89. The number of hydrogen-bond donors (Lipinski definition) is 3. The van der Waals surface area contributed by atoms with Crippen molar-refractivity contribution >= 4 is 5.97 Å². The molecule has 4 nitrogen and oxygen atoms in total. The molecular formula is C9H18N2O2. The van der Waals surface area contributed by atoms with Crippen LogP contribution in [0.15, 0.2) is 0 Å². The zero-order valence-electron chi connectivity index (χ0n) is 8.05. The van der Waals surface area contributed by atoms with Crippen LogP contribution in [-0.2, 0) is 4.79 Å². The predicted molar refractivity (Wildman–Crippen MR) is 50.2 cm³/mol. The fourth-order valence-corrected chi connectivity index (χ4v) is 1.80. The first-order valence-electron chi connectivity index (χ1n) is 4.63. The minimum Gasteiger partial charge on any atom is -0.481 e. The van der Waals surface area contributed by atoms with Gasteiger partial charge in [-0.3, -0.25) is 4.79 Å². The van der Waals surface area contributed by atoms with Gasteiger partial charge in [0, 0.05) is 11.1 Å². The van der Waals surface area contributed by atoms with Crippen molar-refractivity contribution in [2.24, 2.45) is 11.5 Å². The minimum absolute atomic E-state index is 0.0586. The summed E-state index contributed by atoms with van der Waals surface area (Å²) >= 11 is 0. The largest absolute Gasteiger partial charge is 0.481 e. The topological polar surface area (TPSA) is 89.3 Å². The molecule has 0 amide bonds. The van der Waals surface area contributed by atoms with Crippen molar-refractivity contribution in [3.05, 3.63) is 0 Å². The molecule has 0 atom stereocenters. The highest BCUT2D eigenvalue weighted by Crippen LogP contribution is 2.33. The van der Waals surface area contributed by atoms with E-state index in [2.05, 4.69) is 0 Å². The van der Waals surface area contributed by atoms with E-state index in [4.69, 9.17) is 16.6 Å². The van der Waals surface area contributed by atoms with Gasteiger partial charge in [-0.15, -0.1) is 0 Å². The second-order valence-electron chi connectivity index (χ2n) is 4.59. The van der Waals surface area contributed by atoms with Crippen molar-refractivity contribution < 1.29 is 9.90 Å². The Morgan fingerprint density at radius 1 is 1.31 bits per heavy atom. The van der Waals surface area contributed by atoms with Crippen molar-refractivity contribution in [1.82, 2.24) is 0 Å². The maximum atomic E-state index is 10.5. The number of carboxylic acid groups (broad SMARTS) is 1. The van der Waals surface area contributed by atoms with Gasteiger partial charge in [0.2, 0.25) is 0 Å². The third kappa shape index (κ3) is 2.97. The quantitative estimate of drug-likeness (QED) is 0.584. The van der Waals surface area contributed by atoms with E-state index in [1.807, 2.05) is 6.92 Å². The molecule has 0 heterocycles. The van der Waals surface area contributed by atoms with Crippen LogP contribution < -0.4 is 11.5 Å². The van der Waals surface area contributed by atoms with Gasteiger partial charge < -0.3 is 16.6 Å². The average Bonchev–Trinajstić information content (AvgIpc) is 1.95. The number of nitrogens with two attached hydrogens (primary N) is 2. The van der Waals surface area contributed by atoms with Gasteiger partial charge in [0.05, 0.1) is 6.42 Å². The van der Waals surface area contributed by atoms with Gasteiger partial charge in [-0.25, -0.2) is 0 Å². The Morgan fingerprint density at radius 3 is 2.15 bits per heavy atom. The molecule has 76 valence electrons. The van der Waals surface area contributed by atoms with Gasteiger partial charge in [-0.2, -0.15) is 0 Å². The summed E-state index contributed by atoms with van der Waals surface area (Å²) in [5.74, 6) is -0.817. The first-order valence-corrected chi connectivity index (χ1v) is 4.63. The van der Waals surface area contributed by atoms with Crippen molar-refractivity contribution in [1.29, 1.82) is 0 Å². The van der Waals surface area contributed by atoms with Gasteiger partial charge in [0.15, 0.2) is 0 Å². The molecular weight excluding hydrogens is 168 g/mol. The van der Waals surface area contributed by atoms with E-state index in [0.29, 0.717) is 12.8 Å². The molecule has 0 aliphatic heterocycles. The van der Waals surface area contributed by atoms with Crippen LogP contribution in [0.1, 0.15) is 39.0 Å². The Kier molecular flexibility index (Phi) is 2.63. The summed E-state index contributed by atoms with van der Waals surface area (Å²) in [5.41, 5.74) is 11.2. The molecule has 0 radical (unpaired) electrons. The molecule has 13 heavy (non-hydrogen) atoms. The highest BCUT2D eigenvalue weighted by molar-refractivity contribution is 5.68. The van der Waals surface area contributed by atoms with E-state index >= 15 is 0 Å². The standard InChI is InChI=1S/C9H18N2O2/c1-8(10)2-4-9(11,5-3-8)6-7(12)13/h2-6,10-11H2,1H3,(H,12,13). The molecule has 1 fully saturated rings. The number of rotatable bonds is 2. The van der Waals surface area contributed by atoms with Gasteiger partial charge in [-0.1, -0.05) is 0 Å². The number of hydrogen-bond acceptors (Lipinski definition) is 3. The normalized spacial score (nSPS) is 40.2. The SMILES string of the molecule is CC1(N)CCC(N)(CC(=O)O)CC1. The van der Waals surface area contributed by atoms with E-state index < -0.39 is 11.5 Å². The van der Waals surface area contributed by atoms with Crippen LogP contribution in [0.5, 0.6) is 0 Å². The molecule has 1 saturated carbocycles. The average molecular weight is 186 g/mol. The Morgan fingerprint density at radius 2 is 1.77 bits per heavy atom. The molecule has 0 saturated heterocycles. The first kappa shape index (κ1) is 10.5. The summed E-state index contributed by atoms with van der Waals surface area (Å²) in [6.07, 6.45) is 3.12. The highest BCUT2D eigenvalue weighted by atomic mass is 16.4. The summed E-state index contributed by atoms with van der Waals surface area (Å²) in [7, 11) is 0. The summed E-state index contributed by atoms with van der Waals surface area (Å²) in [6, 6.07) is 0. The van der Waals surface area contributed by atoms with Crippen molar-refractivity contribution in [3.63, 3.8) is 0 Å². The predicted octanol–water partition coefficient (Wildman–Crippen LogP) is 0.450. The molecule has 1 rings (SSSR count). The smallest absolute Gasteiger partial charge is 0.305 e. The third-order valence-electron chi connectivity index (χ3n) is 2.89. The summed E-state index contributed by atoms with van der Waals surface area (Å²) in [5, 5.41) is 8.65.